The van der Waals surface area contributed by atoms with Crippen LogP contribution in [-0.2, 0) is 11.2 Å². The van der Waals surface area contributed by atoms with Gasteiger partial charge in [0.2, 0.25) is 5.91 Å². The van der Waals surface area contributed by atoms with Crippen LogP contribution in [0.5, 0.6) is 11.5 Å². The second-order valence-electron chi connectivity index (χ2n) is 8.55. The van der Waals surface area contributed by atoms with E-state index in [-0.39, 0.29) is 23.3 Å². The standard InChI is InChI=1S/C26H29N3O4/c1-16-6-5-7-18(10-16)11-26(31)29-14-20(19-8-9-23(32-3)24(12-19)33-4)21(15-29)22-13-25(30)28-17(2)27-22/h5-10,12-13,20-21H,11,14-15H2,1-4H3,(H,27,28,30)/t20-,21+/m0/s1. The summed E-state index contributed by atoms with van der Waals surface area (Å²) in [6.07, 6.45) is 0.342. The Balaban J connectivity index is 1.67. The van der Waals surface area contributed by atoms with E-state index in [1.165, 1.54) is 0 Å². The van der Waals surface area contributed by atoms with Crippen LogP contribution in [-0.4, -0.2) is 48.1 Å². The number of ether oxygens (including phenoxy) is 2. The van der Waals surface area contributed by atoms with Gasteiger partial charge in [0.1, 0.15) is 5.82 Å². The van der Waals surface area contributed by atoms with Crippen molar-refractivity contribution in [3.63, 3.8) is 0 Å². The molecule has 1 aliphatic heterocycles. The number of benzene rings is 2. The van der Waals surface area contributed by atoms with E-state index >= 15 is 0 Å². The first kappa shape index (κ1) is 22.6. The zero-order valence-corrected chi connectivity index (χ0v) is 19.4. The van der Waals surface area contributed by atoms with E-state index in [4.69, 9.17) is 9.47 Å². The van der Waals surface area contributed by atoms with E-state index in [9.17, 15) is 9.59 Å². The highest BCUT2D eigenvalue weighted by atomic mass is 16.5. The summed E-state index contributed by atoms with van der Waals surface area (Å²) < 4.78 is 10.9. The lowest BCUT2D eigenvalue weighted by atomic mass is 9.86. The van der Waals surface area contributed by atoms with Gasteiger partial charge in [-0.3, -0.25) is 9.59 Å². The Hall–Kier alpha value is -3.61. The van der Waals surface area contributed by atoms with Crippen LogP contribution >= 0.6 is 0 Å². The molecule has 2 aromatic carbocycles. The van der Waals surface area contributed by atoms with Gasteiger partial charge >= 0.3 is 0 Å². The largest absolute Gasteiger partial charge is 0.493 e. The molecule has 4 rings (SSSR count). The van der Waals surface area contributed by atoms with Crippen molar-refractivity contribution in [3.8, 4) is 11.5 Å². The first-order valence-corrected chi connectivity index (χ1v) is 11.0. The molecule has 0 spiro atoms. The van der Waals surface area contributed by atoms with E-state index in [1.54, 1.807) is 27.2 Å². The van der Waals surface area contributed by atoms with Gasteiger partial charge in [-0.05, 0) is 37.1 Å². The minimum atomic E-state index is -0.187. The summed E-state index contributed by atoms with van der Waals surface area (Å²) in [6, 6.07) is 15.4. The normalized spacial score (nSPS) is 17.8. The molecule has 1 fully saturated rings. The molecule has 172 valence electrons. The van der Waals surface area contributed by atoms with E-state index in [0.29, 0.717) is 42.5 Å². The van der Waals surface area contributed by atoms with E-state index in [1.807, 2.05) is 54.3 Å². The van der Waals surface area contributed by atoms with Gasteiger partial charge in [0, 0.05) is 31.0 Å². The van der Waals surface area contributed by atoms with E-state index < -0.39 is 0 Å². The van der Waals surface area contributed by atoms with Gasteiger partial charge < -0.3 is 19.4 Å². The quantitative estimate of drug-likeness (QED) is 0.626. The van der Waals surface area contributed by atoms with Crippen molar-refractivity contribution in [1.82, 2.24) is 14.9 Å². The Labute approximate surface area is 193 Å². The molecule has 7 nitrogen and oxygen atoms in total. The maximum atomic E-state index is 13.2. The van der Waals surface area contributed by atoms with Gasteiger partial charge in [-0.15, -0.1) is 0 Å². The summed E-state index contributed by atoms with van der Waals surface area (Å²) in [5.74, 6) is 1.77. The zero-order chi connectivity index (χ0) is 23.5. The van der Waals surface area contributed by atoms with Crippen LogP contribution < -0.4 is 15.0 Å². The smallest absolute Gasteiger partial charge is 0.251 e. The van der Waals surface area contributed by atoms with Gasteiger partial charge in [-0.2, -0.15) is 0 Å². The fourth-order valence-electron chi connectivity index (χ4n) is 4.63. The van der Waals surface area contributed by atoms with Gasteiger partial charge in [-0.1, -0.05) is 35.9 Å². The molecule has 1 aliphatic rings. The number of carbonyl (C=O) groups excluding carboxylic acids is 1. The minimum absolute atomic E-state index is 0.0278. The second-order valence-corrected chi connectivity index (χ2v) is 8.55. The fraction of sp³-hybridized carbons (Fsp3) is 0.346. The highest BCUT2D eigenvalue weighted by Gasteiger charge is 2.38. The Kier molecular flexibility index (Phi) is 6.49. The molecule has 1 saturated heterocycles. The van der Waals surface area contributed by atoms with Gasteiger partial charge in [0.25, 0.3) is 5.56 Å². The summed E-state index contributed by atoms with van der Waals surface area (Å²) in [7, 11) is 3.21. The van der Waals surface area contributed by atoms with Crippen molar-refractivity contribution >= 4 is 5.91 Å². The number of aromatic nitrogens is 2. The van der Waals surface area contributed by atoms with Crippen LogP contribution in [0.4, 0.5) is 0 Å². The number of aromatic amines is 1. The van der Waals surface area contributed by atoms with Crippen molar-refractivity contribution < 1.29 is 14.3 Å². The van der Waals surface area contributed by atoms with Crippen molar-refractivity contribution in [2.45, 2.75) is 32.1 Å². The monoisotopic (exact) mass is 447 g/mol. The topological polar surface area (TPSA) is 84.5 Å². The molecule has 0 saturated carbocycles. The summed E-state index contributed by atoms with van der Waals surface area (Å²) in [5.41, 5.74) is 3.65. The maximum absolute atomic E-state index is 13.2. The molecule has 1 aromatic heterocycles. The van der Waals surface area contributed by atoms with E-state index in [2.05, 4.69) is 9.97 Å². The molecule has 2 atom stereocenters. The molecular formula is C26H29N3O4. The molecule has 33 heavy (non-hydrogen) atoms. The van der Waals surface area contributed by atoms with Gasteiger partial charge in [0.15, 0.2) is 11.5 Å². The number of hydrogen-bond acceptors (Lipinski definition) is 5. The third-order valence-electron chi connectivity index (χ3n) is 6.21. The lowest BCUT2D eigenvalue weighted by Gasteiger charge is -2.19. The Morgan fingerprint density at radius 2 is 1.79 bits per heavy atom. The van der Waals surface area contributed by atoms with Gasteiger partial charge in [0.05, 0.1) is 26.3 Å². The van der Waals surface area contributed by atoms with E-state index in [0.717, 1.165) is 16.7 Å². The summed E-state index contributed by atoms with van der Waals surface area (Å²) in [5, 5.41) is 0. The molecule has 1 N–H and O–H groups in total. The maximum Gasteiger partial charge on any atom is 0.251 e. The Morgan fingerprint density at radius 3 is 2.48 bits per heavy atom. The third-order valence-corrected chi connectivity index (χ3v) is 6.21. The predicted octanol–water partition coefficient (Wildman–Crippen LogP) is 3.36. The average molecular weight is 448 g/mol. The highest BCUT2D eigenvalue weighted by molar-refractivity contribution is 5.79. The predicted molar refractivity (Wildman–Crippen MR) is 126 cm³/mol. The SMILES string of the molecule is COc1ccc([C@@H]2CN(C(=O)Cc3cccc(C)c3)C[C@H]2c2cc(=O)[nH]c(C)n2)cc1OC. The molecule has 2 heterocycles. The number of likely N-dealkylation sites (tertiary alicyclic amines) is 1. The number of nitrogens with one attached hydrogen (secondary N) is 1. The summed E-state index contributed by atoms with van der Waals surface area (Å²) in [4.78, 5) is 34.6. The summed E-state index contributed by atoms with van der Waals surface area (Å²) >= 11 is 0. The Bertz CT molecular complexity index is 1220. The van der Waals surface area contributed by atoms with Gasteiger partial charge in [-0.25, -0.2) is 4.98 Å². The number of nitrogens with zero attached hydrogens (tertiary/aromatic N) is 2. The van der Waals surface area contributed by atoms with Crippen molar-refractivity contribution in [3.05, 3.63) is 87.1 Å². The first-order valence-electron chi connectivity index (χ1n) is 11.0. The number of H-pyrrole nitrogens is 1. The first-order chi connectivity index (χ1) is 15.9. The van der Waals surface area contributed by atoms with Crippen LogP contribution in [0, 0.1) is 13.8 Å². The molecule has 0 unspecified atom stereocenters. The summed E-state index contributed by atoms with van der Waals surface area (Å²) in [6.45, 7) is 4.83. The second kappa shape index (κ2) is 9.48. The molecule has 0 bridgehead atoms. The Morgan fingerprint density at radius 1 is 1.03 bits per heavy atom. The molecule has 0 aliphatic carbocycles. The highest BCUT2D eigenvalue weighted by Crippen LogP contribution is 2.41. The number of carbonyl (C=O) groups is 1. The molecule has 0 radical (unpaired) electrons. The van der Waals surface area contributed by atoms with Crippen LogP contribution in [0.1, 0.15) is 40.0 Å². The zero-order valence-electron chi connectivity index (χ0n) is 19.4. The molecule has 7 heteroatoms. The van der Waals surface area contributed by atoms with Crippen LogP contribution in [0.15, 0.2) is 53.3 Å². The third kappa shape index (κ3) is 4.92. The average Bonchev–Trinajstić information content (AvgIpc) is 3.24. The van der Waals surface area contributed by atoms with Crippen LogP contribution in [0.25, 0.3) is 0 Å². The number of amides is 1. The van der Waals surface area contributed by atoms with Crippen LogP contribution in [0.2, 0.25) is 0 Å². The molecule has 1 amide bonds. The fourth-order valence-corrected chi connectivity index (χ4v) is 4.63. The number of hydrogen-bond donors (Lipinski definition) is 1. The van der Waals surface area contributed by atoms with Crippen molar-refractivity contribution in [2.24, 2.45) is 0 Å². The molecular weight excluding hydrogens is 418 g/mol. The lowest BCUT2D eigenvalue weighted by Crippen LogP contribution is -2.30. The number of aryl methyl sites for hydroxylation is 2. The number of rotatable bonds is 6. The molecule has 3 aromatic rings. The minimum Gasteiger partial charge on any atom is -0.493 e. The lowest BCUT2D eigenvalue weighted by molar-refractivity contribution is -0.129. The van der Waals surface area contributed by atoms with Crippen molar-refractivity contribution in [1.29, 1.82) is 0 Å². The number of methoxy groups -OCH3 is 2. The van der Waals surface area contributed by atoms with Crippen molar-refractivity contribution in [2.75, 3.05) is 27.3 Å². The van der Waals surface area contributed by atoms with Crippen LogP contribution in [0.3, 0.4) is 0 Å².